The van der Waals surface area contributed by atoms with E-state index in [0.29, 0.717) is 12.6 Å². The lowest BCUT2D eigenvalue weighted by Crippen LogP contribution is -2.19. The molecule has 0 aliphatic heterocycles. The molecule has 102 valence electrons. The van der Waals surface area contributed by atoms with Crippen LogP contribution < -0.4 is 10.1 Å². The van der Waals surface area contributed by atoms with Gasteiger partial charge in [-0.25, -0.2) is 0 Å². The Morgan fingerprint density at radius 3 is 2.84 bits per heavy atom. The molecule has 2 aromatic rings. The second-order valence-electron chi connectivity index (χ2n) is 4.63. The molecule has 2 nitrogen and oxygen atoms in total. The van der Waals surface area contributed by atoms with Crippen molar-refractivity contribution in [2.24, 2.45) is 0 Å². The maximum absolute atomic E-state index is 5.95. The Balaban J connectivity index is 2.03. The summed E-state index contributed by atoms with van der Waals surface area (Å²) >= 11 is 1.70. The van der Waals surface area contributed by atoms with E-state index in [1.807, 2.05) is 12.1 Å². The molecule has 1 aromatic heterocycles. The molecule has 0 bridgehead atoms. The zero-order valence-corrected chi connectivity index (χ0v) is 12.4. The molecule has 0 saturated heterocycles. The van der Waals surface area contributed by atoms with Gasteiger partial charge in [0.2, 0.25) is 0 Å². The Morgan fingerprint density at radius 1 is 1.26 bits per heavy atom. The molecular weight excluding hydrogens is 254 g/mol. The quantitative estimate of drug-likeness (QED) is 0.809. The number of ether oxygens (including phenoxy) is 1. The highest BCUT2D eigenvalue weighted by Gasteiger charge is 2.10. The Kier molecular flexibility index (Phi) is 5.43. The number of rotatable bonds is 7. The molecule has 1 unspecified atom stereocenters. The van der Waals surface area contributed by atoms with Gasteiger partial charge in [-0.05, 0) is 48.3 Å². The average Bonchev–Trinajstić information content (AvgIpc) is 2.96. The molecule has 1 atom stereocenters. The lowest BCUT2D eigenvalue weighted by atomic mass is 10.1. The number of hydrogen-bond acceptors (Lipinski definition) is 3. The molecular formula is C16H21NOS. The van der Waals surface area contributed by atoms with Crippen molar-refractivity contribution in [2.45, 2.75) is 32.9 Å². The van der Waals surface area contributed by atoms with Gasteiger partial charge in [0.05, 0.1) is 0 Å². The third kappa shape index (κ3) is 4.08. The first-order valence-corrected chi connectivity index (χ1v) is 7.71. The highest BCUT2D eigenvalue weighted by Crippen LogP contribution is 2.25. The van der Waals surface area contributed by atoms with Gasteiger partial charge in [-0.3, -0.25) is 0 Å². The van der Waals surface area contributed by atoms with E-state index in [9.17, 15) is 0 Å². The van der Waals surface area contributed by atoms with Crippen molar-refractivity contribution >= 4 is 11.3 Å². The summed E-state index contributed by atoms with van der Waals surface area (Å²) < 4.78 is 5.95. The molecule has 0 amide bonds. The fourth-order valence-corrected chi connectivity index (χ4v) is 2.63. The average molecular weight is 275 g/mol. The summed E-state index contributed by atoms with van der Waals surface area (Å²) in [6.45, 7) is 6.03. The smallest absolute Gasteiger partial charge is 0.124 e. The minimum Gasteiger partial charge on any atom is -0.489 e. The zero-order chi connectivity index (χ0) is 13.5. The molecule has 0 fully saturated rings. The summed E-state index contributed by atoms with van der Waals surface area (Å²) in [5, 5.41) is 7.71. The van der Waals surface area contributed by atoms with Gasteiger partial charge in [-0.1, -0.05) is 25.1 Å². The van der Waals surface area contributed by atoms with Crippen LogP contribution in [-0.4, -0.2) is 6.54 Å². The molecule has 3 heteroatoms. The molecule has 0 aliphatic rings. The maximum Gasteiger partial charge on any atom is 0.124 e. The van der Waals surface area contributed by atoms with Crippen molar-refractivity contribution in [3.8, 4) is 5.75 Å². The van der Waals surface area contributed by atoms with Crippen LogP contribution in [-0.2, 0) is 6.61 Å². The zero-order valence-electron chi connectivity index (χ0n) is 11.6. The van der Waals surface area contributed by atoms with Crippen LogP contribution in [0, 0.1) is 0 Å². The summed E-state index contributed by atoms with van der Waals surface area (Å²) in [6.07, 6.45) is 1.14. The molecule has 2 rings (SSSR count). The van der Waals surface area contributed by atoms with Gasteiger partial charge < -0.3 is 10.1 Å². The van der Waals surface area contributed by atoms with E-state index < -0.39 is 0 Å². The summed E-state index contributed by atoms with van der Waals surface area (Å²) in [5.74, 6) is 0.977. The van der Waals surface area contributed by atoms with Crippen molar-refractivity contribution < 1.29 is 4.74 Å². The minimum absolute atomic E-state index is 0.318. The Hall–Kier alpha value is -1.32. The van der Waals surface area contributed by atoms with Crippen molar-refractivity contribution in [3.05, 3.63) is 52.2 Å². The fourth-order valence-electron chi connectivity index (χ4n) is 1.98. The van der Waals surface area contributed by atoms with Crippen LogP contribution in [0.1, 0.15) is 37.4 Å². The van der Waals surface area contributed by atoms with Gasteiger partial charge in [0, 0.05) is 11.6 Å². The van der Waals surface area contributed by atoms with E-state index in [4.69, 9.17) is 4.74 Å². The predicted molar refractivity (Wildman–Crippen MR) is 81.8 cm³/mol. The normalized spacial score (nSPS) is 12.3. The number of nitrogens with one attached hydrogen (secondary N) is 1. The molecule has 0 saturated carbocycles. The minimum atomic E-state index is 0.318. The summed E-state index contributed by atoms with van der Waals surface area (Å²) in [4.78, 5) is 0. The van der Waals surface area contributed by atoms with E-state index in [-0.39, 0.29) is 0 Å². The third-order valence-corrected chi connectivity index (χ3v) is 3.79. The molecule has 19 heavy (non-hydrogen) atoms. The lowest BCUT2D eigenvalue weighted by Gasteiger charge is -2.18. The molecule has 0 spiro atoms. The maximum atomic E-state index is 5.95. The number of benzene rings is 1. The van der Waals surface area contributed by atoms with Crippen LogP contribution in [0.5, 0.6) is 5.75 Å². The molecule has 0 radical (unpaired) electrons. The lowest BCUT2D eigenvalue weighted by molar-refractivity contribution is 0.300. The Bertz CT molecular complexity index is 481. The van der Waals surface area contributed by atoms with Gasteiger partial charge in [0.25, 0.3) is 0 Å². The van der Waals surface area contributed by atoms with Gasteiger partial charge in [0.1, 0.15) is 12.4 Å². The van der Waals surface area contributed by atoms with Crippen molar-refractivity contribution in [1.29, 1.82) is 0 Å². The monoisotopic (exact) mass is 275 g/mol. The summed E-state index contributed by atoms with van der Waals surface area (Å²) in [7, 11) is 0. The molecule has 0 aliphatic carbocycles. The van der Waals surface area contributed by atoms with E-state index in [1.54, 1.807) is 11.3 Å². The first-order chi connectivity index (χ1) is 9.31. The predicted octanol–water partition coefficient (Wildman–Crippen LogP) is 4.39. The van der Waals surface area contributed by atoms with Gasteiger partial charge in [0.15, 0.2) is 0 Å². The van der Waals surface area contributed by atoms with Gasteiger partial charge >= 0.3 is 0 Å². The summed E-state index contributed by atoms with van der Waals surface area (Å²) in [6, 6.07) is 10.7. The van der Waals surface area contributed by atoms with Crippen molar-refractivity contribution in [1.82, 2.24) is 5.32 Å². The Labute approximate surface area is 119 Å². The van der Waals surface area contributed by atoms with Crippen molar-refractivity contribution in [2.75, 3.05) is 6.54 Å². The topological polar surface area (TPSA) is 21.3 Å². The van der Waals surface area contributed by atoms with Crippen LogP contribution in [0.2, 0.25) is 0 Å². The second-order valence-corrected chi connectivity index (χ2v) is 5.41. The van der Waals surface area contributed by atoms with Crippen LogP contribution in [0.4, 0.5) is 0 Å². The first kappa shape index (κ1) is 14.1. The van der Waals surface area contributed by atoms with Crippen LogP contribution in [0.3, 0.4) is 0 Å². The van der Waals surface area contributed by atoms with Crippen molar-refractivity contribution in [3.63, 3.8) is 0 Å². The molecule has 1 N–H and O–H groups in total. The van der Waals surface area contributed by atoms with Crippen LogP contribution in [0.25, 0.3) is 0 Å². The second kappa shape index (κ2) is 7.31. The summed E-state index contributed by atoms with van der Waals surface area (Å²) in [5.41, 5.74) is 2.46. The molecule has 1 aromatic carbocycles. The SMILES string of the molecule is CCCNC(C)c1ccccc1OCc1ccsc1. The van der Waals surface area contributed by atoms with E-state index in [2.05, 4.69) is 48.1 Å². The van der Waals surface area contributed by atoms with Crippen LogP contribution >= 0.6 is 11.3 Å². The fraction of sp³-hybridized carbons (Fsp3) is 0.375. The van der Waals surface area contributed by atoms with E-state index >= 15 is 0 Å². The first-order valence-electron chi connectivity index (χ1n) is 6.77. The Morgan fingerprint density at radius 2 is 2.11 bits per heavy atom. The number of hydrogen-bond donors (Lipinski definition) is 1. The molecule has 1 heterocycles. The highest BCUT2D eigenvalue weighted by molar-refractivity contribution is 7.07. The highest BCUT2D eigenvalue weighted by atomic mass is 32.1. The van der Waals surface area contributed by atoms with Crippen LogP contribution in [0.15, 0.2) is 41.1 Å². The van der Waals surface area contributed by atoms with E-state index in [0.717, 1.165) is 18.7 Å². The third-order valence-electron chi connectivity index (χ3n) is 3.06. The van der Waals surface area contributed by atoms with Gasteiger partial charge in [-0.2, -0.15) is 11.3 Å². The van der Waals surface area contributed by atoms with Gasteiger partial charge in [-0.15, -0.1) is 0 Å². The number of thiophene rings is 1. The number of para-hydroxylation sites is 1. The van der Waals surface area contributed by atoms with E-state index in [1.165, 1.54) is 11.1 Å². The standard InChI is InChI=1S/C16H21NOS/c1-3-9-17-13(2)15-6-4-5-7-16(15)18-11-14-8-10-19-12-14/h4-8,10,12-13,17H,3,9,11H2,1-2H3. The largest absolute Gasteiger partial charge is 0.489 e.